The van der Waals surface area contributed by atoms with Gasteiger partial charge in [0.2, 0.25) is 5.95 Å². The van der Waals surface area contributed by atoms with Crippen LogP contribution < -0.4 is 10.6 Å². The van der Waals surface area contributed by atoms with Crippen LogP contribution in [-0.2, 0) is 4.74 Å². The number of nitrogens with zero attached hydrogens (tertiary/aromatic N) is 2. The first-order valence-corrected chi connectivity index (χ1v) is 9.03. The highest BCUT2D eigenvalue weighted by Crippen LogP contribution is 2.30. The maximum Gasteiger partial charge on any atom is 0.343 e. The molecule has 7 heteroatoms. The number of nitrogens with one attached hydrogen (secondary N) is 2. The Balaban J connectivity index is 1.88. The molecule has 0 unspecified atom stereocenters. The van der Waals surface area contributed by atoms with Gasteiger partial charge in [0.05, 0.1) is 12.8 Å². The van der Waals surface area contributed by atoms with Crippen molar-refractivity contribution in [2.45, 2.75) is 17.7 Å². The Morgan fingerprint density at radius 3 is 2.88 bits per heavy atom. The number of thioether (sulfide) groups is 1. The molecule has 1 aliphatic rings. The summed E-state index contributed by atoms with van der Waals surface area (Å²) in [6.07, 6.45) is 6.00. The maximum atomic E-state index is 12.0. The van der Waals surface area contributed by atoms with Crippen LogP contribution in [0, 0.1) is 5.92 Å². The van der Waals surface area contributed by atoms with Crippen LogP contribution in [0.5, 0.6) is 0 Å². The van der Waals surface area contributed by atoms with Gasteiger partial charge in [0.1, 0.15) is 5.56 Å². The highest BCUT2D eigenvalue weighted by Gasteiger charge is 2.22. The van der Waals surface area contributed by atoms with Gasteiger partial charge < -0.3 is 15.4 Å². The van der Waals surface area contributed by atoms with E-state index in [9.17, 15) is 4.79 Å². The van der Waals surface area contributed by atoms with Gasteiger partial charge >= 0.3 is 5.97 Å². The van der Waals surface area contributed by atoms with E-state index in [1.54, 1.807) is 11.8 Å². The van der Waals surface area contributed by atoms with Crippen LogP contribution >= 0.6 is 11.8 Å². The molecule has 1 saturated carbocycles. The highest BCUT2D eigenvalue weighted by atomic mass is 32.2. The molecule has 1 aromatic heterocycles. The lowest BCUT2D eigenvalue weighted by Crippen LogP contribution is -2.12. The molecule has 126 valence electrons. The van der Waals surface area contributed by atoms with Crippen molar-refractivity contribution < 1.29 is 9.53 Å². The van der Waals surface area contributed by atoms with Crippen LogP contribution in [0.3, 0.4) is 0 Å². The van der Waals surface area contributed by atoms with Crippen LogP contribution in [0.25, 0.3) is 0 Å². The van der Waals surface area contributed by atoms with Crippen molar-refractivity contribution in [3.63, 3.8) is 0 Å². The van der Waals surface area contributed by atoms with E-state index in [1.807, 2.05) is 30.5 Å². The molecule has 0 atom stereocenters. The van der Waals surface area contributed by atoms with Crippen LogP contribution in [0.2, 0.25) is 0 Å². The summed E-state index contributed by atoms with van der Waals surface area (Å²) in [5, 5.41) is 6.46. The number of rotatable bonds is 7. The summed E-state index contributed by atoms with van der Waals surface area (Å²) in [5.41, 5.74) is 1.20. The van der Waals surface area contributed by atoms with Crippen molar-refractivity contribution in [1.29, 1.82) is 0 Å². The molecule has 0 aliphatic heterocycles. The summed E-state index contributed by atoms with van der Waals surface area (Å²) < 4.78 is 4.83. The van der Waals surface area contributed by atoms with Crippen molar-refractivity contribution in [2.24, 2.45) is 5.92 Å². The minimum atomic E-state index is -0.465. The molecule has 6 nitrogen and oxygen atoms in total. The molecular weight excluding hydrogens is 324 g/mol. The molecule has 24 heavy (non-hydrogen) atoms. The maximum absolute atomic E-state index is 12.0. The number of para-hydroxylation sites is 1. The van der Waals surface area contributed by atoms with E-state index < -0.39 is 5.97 Å². The largest absolute Gasteiger partial charge is 0.465 e. The minimum absolute atomic E-state index is 0.311. The summed E-state index contributed by atoms with van der Waals surface area (Å²) >= 11 is 1.62. The van der Waals surface area contributed by atoms with Gasteiger partial charge in [-0.05, 0) is 37.1 Å². The predicted octanol–water partition coefficient (Wildman–Crippen LogP) is 3.55. The van der Waals surface area contributed by atoms with E-state index in [1.165, 1.54) is 26.1 Å². The average Bonchev–Trinajstić information content (AvgIpc) is 3.44. The Morgan fingerprint density at radius 1 is 1.38 bits per heavy atom. The van der Waals surface area contributed by atoms with Gasteiger partial charge in [0.15, 0.2) is 5.82 Å². The first-order valence-electron chi connectivity index (χ1n) is 7.80. The fourth-order valence-electron chi connectivity index (χ4n) is 2.25. The third-order valence-electron chi connectivity index (χ3n) is 3.80. The SMILES string of the molecule is COC(=O)c1cnc(NCC2CC2)nc1Nc1ccccc1SC. The first-order chi connectivity index (χ1) is 11.7. The first kappa shape index (κ1) is 16.6. The van der Waals surface area contributed by atoms with E-state index in [-0.39, 0.29) is 0 Å². The molecule has 0 bridgehead atoms. The molecule has 1 aliphatic carbocycles. The number of methoxy groups -OCH3 is 1. The summed E-state index contributed by atoms with van der Waals surface area (Å²) in [4.78, 5) is 21.8. The van der Waals surface area contributed by atoms with Crippen molar-refractivity contribution >= 4 is 35.2 Å². The molecule has 1 fully saturated rings. The van der Waals surface area contributed by atoms with E-state index >= 15 is 0 Å². The number of anilines is 3. The number of ether oxygens (including phenoxy) is 1. The van der Waals surface area contributed by atoms with Crippen molar-refractivity contribution in [1.82, 2.24) is 9.97 Å². The number of hydrogen-bond acceptors (Lipinski definition) is 7. The second kappa shape index (κ2) is 7.53. The molecule has 2 N–H and O–H groups in total. The smallest absolute Gasteiger partial charge is 0.343 e. The molecule has 2 aromatic rings. The number of carbonyl (C=O) groups excluding carboxylic acids is 1. The van der Waals surface area contributed by atoms with Gasteiger partial charge in [-0.15, -0.1) is 11.8 Å². The molecule has 1 heterocycles. The molecule has 0 amide bonds. The van der Waals surface area contributed by atoms with Gasteiger partial charge in [0, 0.05) is 17.6 Å². The monoisotopic (exact) mass is 344 g/mol. The molecule has 0 spiro atoms. The standard InChI is InChI=1S/C17H20N4O2S/c1-23-16(22)12-10-19-17(18-9-11-7-8-11)21-15(12)20-13-5-3-4-6-14(13)24-2/h3-6,10-11H,7-9H2,1-2H3,(H2,18,19,20,21). The van der Waals surface area contributed by atoms with E-state index in [0.717, 1.165) is 17.1 Å². The van der Waals surface area contributed by atoms with Gasteiger partial charge in [-0.25, -0.2) is 9.78 Å². The van der Waals surface area contributed by atoms with Crippen molar-refractivity contribution in [3.05, 3.63) is 36.0 Å². The number of aromatic nitrogens is 2. The zero-order valence-electron chi connectivity index (χ0n) is 13.7. The molecule has 0 saturated heterocycles. The van der Waals surface area contributed by atoms with Crippen LogP contribution in [-0.4, -0.2) is 35.8 Å². The molecule has 1 aromatic carbocycles. The normalized spacial score (nSPS) is 13.4. The molecule has 0 radical (unpaired) electrons. The van der Waals surface area contributed by atoms with Crippen LogP contribution in [0.15, 0.2) is 35.4 Å². The number of benzene rings is 1. The zero-order chi connectivity index (χ0) is 16.9. The lowest BCUT2D eigenvalue weighted by molar-refractivity contribution is 0.0601. The fraction of sp³-hybridized carbons (Fsp3) is 0.353. The van der Waals surface area contributed by atoms with E-state index in [4.69, 9.17) is 4.74 Å². The van der Waals surface area contributed by atoms with Gasteiger partial charge in [-0.2, -0.15) is 4.98 Å². The number of hydrogen-bond donors (Lipinski definition) is 2. The third kappa shape index (κ3) is 3.97. The highest BCUT2D eigenvalue weighted by molar-refractivity contribution is 7.98. The second-order valence-electron chi connectivity index (χ2n) is 5.60. The summed E-state index contributed by atoms with van der Waals surface area (Å²) in [7, 11) is 1.35. The lowest BCUT2D eigenvalue weighted by Gasteiger charge is -2.13. The Hall–Kier alpha value is -2.28. The summed E-state index contributed by atoms with van der Waals surface area (Å²) in [6, 6.07) is 7.87. The van der Waals surface area contributed by atoms with Crippen molar-refractivity contribution in [2.75, 3.05) is 30.5 Å². The van der Waals surface area contributed by atoms with E-state index in [0.29, 0.717) is 23.2 Å². The molecule has 3 rings (SSSR count). The van der Waals surface area contributed by atoms with Crippen LogP contribution in [0.4, 0.5) is 17.5 Å². The number of carbonyl (C=O) groups is 1. The second-order valence-corrected chi connectivity index (χ2v) is 6.45. The van der Waals surface area contributed by atoms with Crippen LogP contribution in [0.1, 0.15) is 23.2 Å². The Labute approximate surface area is 145 Å². The Bertz CT molecular complexity index is 734. The van der Waals surface area contributed by atoms with Gasteiger partial charge in [0.25, 0.3) is 0 Å². The number of esters is 1. The van der Waals surface area contributed by atoms with E-state index in [2.05, 4.69) is 20.6 Å². The average molecular weight is 344 g/mol. The van der Waals surface area contributed by atoms with Gasteiger partial charge in [-0.1, -0.05) is 12.1 Å². The summed E-state index contributed by atoms with van der Waals surface area (Å²) in [5.74, 6) is 1.20. The van der Waals surface area contributed by atoms with Gasteiger partial charge in [-0.3, -0.25) is 0 Å². The third-order valence-corrected chi connectivity index (χ3v) is 4.60. The zero-order valence-corrected chi connectivity index (χ0v) is 14.5. The molecular formula is C17H20N4O2S. The Morgan fingerprint density at radius 2 is 2.17 bits per heavy atom. The van der Waals surface area contributed by atoms with Crippen molar-refractivity contribution in [3.8, 4) is 0 Å². The predicted molar refractivity (Wildman–Crippen MR) is 96.1 cm³/mol. The Kier molecular flexibility index (Phi) is 5.20. The minimum Gasteiger partial charge on any atom is -0.465 e. The lowest BCUT2D eigenvalue weighted by atomic mass is 10.2. The fourth-order valence-corrected chi connectivity index (χ4v) is 2.81. The topological polar surface area (TPSA) is 76.1 Å². The summed E-state index contributed by atoms with van der Waals surface area (Å²) in [6.45, 7) is 0.860. The quantitative estimate of drug-likeness (QED) is 0.587.